The van der Waals surface area contributed by atoms with Gasteiger partial charge in [0.15, 0.2) is 0 Å². The summed E-state index contributed by atoms with van der Waals surface area (Å²) in [5, 5.41) is 12.6. The first-order chi connectivity index (χ1) is 9.16. The average Bonchev–Trinajstić information content (AvgIpc) is 2.40. The first kappa shape index (κ1) is 15.5. The molecule has 0 bridgehead atoms. The second-order valence-electron chi connectivity index (χ2n) is 4.55. The second-order valence-corrected chi connectivity index (χ2v) is 4.55. The molecule has 0 unspecified atom stereocenters. The molecule has 0 aliphatic rings. The van der Waals surface area contributed by atoms with Crippen molar-refractivity contribution in [2.75, 3.05) is 19.8 Å². The number of hydrogen-bond donors (Lipinski definition) is 2. The van der Waals surface area contributed by atoms with Crippen LogP contribution in [0, 0.1) is 6.92 Å². The standard InChI is InChI=1S/C15H23NO3/c1-3-4-10-19-11-6-9-16-15(18)13-8-5-7-12(2)14(13)17/h5,7-8,17H,3-4,6,9-11H2,1-2H3,(H,16,18). The predicted molar refractivity (Wildman–Crippen MR) is 75.5 cm³/mol. The minimum Gasteiger partial charge on any atom is -0.507 e. The number of phenols is 1. The molecule has 4 nitrogen and oxygen atoms in total. The maximum atomic E-state index is 11.8. The van der Waals surface area contributed by atoms with E-state index in [9.17, 15) is 9.90 Å². The van der Waals surface area contributed by atoms with Crippen LogP contribution in [0.25, 0.3) is 0 Å². The summed E-state index contributed by atoms with van der Waals surface area (Å²) in [7, 11) is 0. The number of aryl methyl sites for hydroxylation is 1. The van der Waals surface area contributed by atoms with E-state index in [1.54, 1.807) is 25.1 Å². The van der Waals surface area contributed by atoms with Crippen molar-refractivity contribution in [1.29, 1.82) is 0 Å². The number of amides is 1. The molecule has 2 N–H and O–H groups in total. The van der Waals surface area contributed by atoms with Crippen LogP contribution < -0.4 is 5.32 Å². The average molecular weight is 265 g/mol. The summed E-state index contributed by atoms with van der Waals surface area (Å²) in [5.74, 6) is -0.186. The third-order valence-corrected chi connectivity index (χ3v) is 2.88. The van der Waals surface area contributed by atoms with Gasteiger partial charge >= 0.3 is 0 Å². The van der Waals surface area contributed by atoms with Crippen LogP contribution in [-0.4, -0.2) is 30.8 Å². The van der Waals surface area contributed by atoms with Crippen molar-refractivity contribution in [2.45, 2.75) is 33.1 Å². The number of ether oxygens (including phenoxy) is 1. The Morgan fingerprint density at radius 2 is 2.05 bits per heavy atom. The number of rotatable bonds is 8. The van der Waals surface area contributed by atoms with Gasteiger partial charge < -0.3 is 15.2 Å². The molecular weight excluding hydrogens is 242 g/mol. The Bertz CT molecular complexity index is 404. The molecule has 1 aromatic carbocycles. The summed E-state index contributed by atoms with van der Waals surface area (Å²) in [5.41, 5.74) is 1.03. The van der Waals surface area contributed by atoms with Crippen LogP contribution in [0.1, 0.15) is 42.1 Å². The molecule has 0 heterocycles. The van der Waals surface area contributed by atoms with Crippen LogP contribution in [0.4, 0.5) is 0 Å². The van der Waals surface area contributed by atoms with Crippen molar-refractivity contribution >= 4 is 5.91 Å². The number of hydrogen-bond acceptors (Lipinski definition) is 3. The number of benzene rings is 1. The zero-order chi connectivity index (χ0) is 14.1. The van der Waals surface area contributed by atoms with Gasteiger partial charge in [-0.15, -0.1) is 0 Å². The van der Waals surface area contributed by atoms with E-state index in [2.05, 4.69) is 12.2 Å². The van der Waals surface area contributed by atoms with Crippen LogP contribution >= 0.6 is 0 Å². The molecule has 0 aliphatic heterocycles. The molecule has 1 rings (SSSR count). The number of phenolic OH excluding ortho intramolecular Hbond substituents is 1. The molecule has 0 spiro atoms. The van der Waals surface area contributed by atoms with Crippen LogP contribution in [0.15, 0.2) is 18.2 Å². The first-order valence-corrected chi connectivity index (χ1v) is 6.81. The molecule has 1 aromatic rings. The number of para-hydroxylation sites is 1. The number of unbranched alkanes of at least 4 members (excludes halogenated alkanes) is 1. The van der Waals surface area contributed by atoms with Crippen molar-refractivity contribution in [3.05, 3.63) is 29.3 Å². The fourth-order valence-corrected chi connectivity index (χ4v) is 1.66. The molecule has 4 heteroatoms. The Morgan fingerprint density at radius 3 is 2.79 bits per heavy atom. The van der Waals surface area contributed by atoms with E-state index in [4.69, 9.17) is 4.74 Å². The molecule has 0 aliphatic carbocycles. The summed E-state index contributed by atoms with van der Waals surface area (Å²) in [4.78, 5) is 11.8. The van der Waals surface area contributed by atoms with E-state index in [1.807, 2.05) is 0 Å². The Labute approximate surface area is 114 Å². The van der Waals surface area contributed by atoms with Gasteiger partial charge in [0, 0.05) is 19.8 Å². The van der Waals surface area contributed by atoms with Crippen molar-refractivity contribution in [3.8, 4) is 5.75 Å². The molecule has 0 aromatic heterocycles. The predicted octanol–water partition coefficient (Wildman–Crippen LogP) is 2.64. The highest BCUT2D eigenvalue weighted by molar-refractivity contribution is 5.97. The van der Waals surface area contributed by atoms with Gasteiger partial charge in [-0.05, 0) is 31.4 Å². The lowest BCUT2D eigenvalue weighted by molar-refractivity contribution is 0.0937. The zero-order valence-electron chi connectivity index (χ0n) is 11.7. The molecule has 0 atom stereocenters. The normalized spacial score (nSPS) is 10.4. The maximum Gasteiger partial charge on any atom is 0.255 e. The van der Waals surface area contributed by atoms with Crippen LogP contribution in [0.5, 0.6) is 5.75 Å². The van der Waals surface area contributed by atoms with Crippen LogP contribution in [-0.2, 0) is 4.74 Å². The molecular formula is C15H23NO3. The molecule has 106 valence electrons. The van der Waals surface area contributed by atoms with Gasteiger partial charge in [-0.2, -0.15) is 0 Å². The Balaban J connectivity index is 2.26. The lowest BCUT2D eigenvalue weighted by Gasteiger charge is -2.08. The van der Waals surface area contributed by atoms with E-state index in [1.165, 1.54) is 0 Å². The van der Waals surface area contributed by atoms with Gasteiger partial charge in [0.2, 0.25) is 0 Å². The fraction of sp³-hybridized carbons (Fsp3) is 0.533. The lowest BCUT2D eigenvalue weighted by atomic mass is 10.1. The van der Waals surface area contributed by atoms with Crippen LogP contribution in [0.2, 0.25) is 0 Å². The number of aromatic hydroxyl groups is 1. The summed E-state index contributed by atoms with van der Waals surface area (Å²) in [6, 6.07) is 5.15. The minimum absolute atomic E-state index is 0.0548. The van der Waals surface area contributed by atoms with Crippen molar-refractivity contribution in [1.82, 2.24) is 5.32 Å². The van der Waals surface area contributed by atoms with Crippen molar-refractivity contribution in [3.63, 3.8) is 0 Å². The molecule has 0 fully saturated rings. The lowest BCUT2D eigenvalue weighted by Crippen LogP contribution is -2.25. The van der Waals surface area contributed by atoms with Crippen molar-refractivity contribution < 1.29 is 14.6 Å². The van der Waals surface area contributed by atoms with Gasteiger partial charge in [-0.3, -0.25) is 4.79 Å². The van der Waals surface area contributed by atoms with E-state index < -0.39 is 0 Å². The highest BCUT2D eigenvalue weighted by atomic mass is 16.5. The highest BCUT2D eigenvalue weighted by Crippen LogP contribution is 2.20. The first-order valence-electron chi connectivity index (χ1n) is 6.81. The second kappa shape index (κ2) is 8.53. The van der Waals surface area contributed by atoms with Gasteiger partial charge in [0.05, 0.1) is 5.56 Å². The van der Waals surface area contributed by atoms with Crippen LogP contribution in [0.3, 0.4) is 0 Å². The molecule has 0 saturated carbocycles. The quantitative estimate of drug-likeness (QED) is 0.710. The summed E-state index contributed by atoms with van der Waals surface area (Å²) < 4.78 is 5.40. The third kappa shape index (κ3) is 5.30. The SMILES string of the molecule is CCCCOCCCNC(=O)c1cccc(C)c1O. The molecule has 1 amide bonds. The molecule has 19 heavy (non-hydrogen) atoms. The minimum atomic E-state index is -0.241. The highest BCUT2D eigenvalue weighted by Gasteiger charge is 2.11. The summed E-state index contributed by atoms with van der Waals surface area (Å²) in [6.07, 6.45) is 2.98. The fourth-order valence-electron chi connectivity index (χ4n) is 1.66. The van der Waals surface area contributed by atoms with Gasteiger partial charge in [-0.25, -0.2) is 0 Å². The summed E-state index contributed by atoms with van der Waals surface area (Å²) >= 11 is 0. The number of carbonyl (C=O) groups excluding carboxylic acids is 1. The van der Waals surface area contributed by atoms with Gasteiger partial charge in [0.25, 0.3) is 5.91 Å². The number of carbonyl (C=O) groups is 1. The maximum absolute atomic E-state index is 11.8. The number of nitrogens with one attached hydrogen (secondary N) is 1. The van der Waals surface area contributed by atoms with Gasteiger partial charge in [-0.1, -0.05) is 25.5 Å². The van der Waals surface area contributed by atoms with E-state index in [0.717, 1.165) is 25.9 Å². The van der Waals surface area contributed by atoms with E-state index >= 15 is 0 Å². The largest absolute Gasteiger partial charge is 0.507 e. The van der Waals surface area contributed by atoms with E-state index in [-0.39, 0.29) is 11.7 Å². The molecule has 0 radical (unpaired) electrons. The smallest absolute Gasteiger partial charge is 0.255 e. The molecule has 0 saturated heterocycles. The monoisotopic (exact) mass is 265 g/mol. The van der Waals surface area contributed by atoms with Gasteiger partial charge in [0.1, 0.15) is 5.75 Å². The topological polar surface area (TPSA) is 58.6 Å². The van der Waals surface area contributed by atoms with Crippen molar-refractivity contribution in [2.24, 2.45) is 0 Å². The summed E-state index contributed by atoms with van der Waals surface area (Å²) in [6.45, 7) is 5.88. The zero-order valence-corrected chi connectivity index (χ0v) is 11.7. The Kier molecular flexibility index (Phi) is 6.97. The Hall–Kier alpha value is -1.55. The third-order valence-electron chi connectivity index (χ3n) is 2.88. The van der Waals surface area contributed by atoms with E-state index in [0.29, 0.717) is 24.3 Å². The Morgan fingerprint density at radius 1 is 1.32 bits per heavy atom.